The van der Waals surface area contributed by atoms with Gasteiger partial charge in [-0.15, -0.1) is 0 Å². The summed E-state index contributed by atoms with van der Waals surface area (Å²) < 4.78 is 0. The highest BCUT2D eigenvalue weighted by Crippen LogP contribution is 2.04. The van der Waals surface area contributed by atoms with Crippen LogP contribution in [0, 0.1) is 5.92 Å². The summed E-state index contributed by atoms with van der Waals surface area (Å²) in [5, 5.41) is 33.0. The summed E-state index contributed by atoms with van der Waals surface area (Å²) in [6.07, 6.45) is 2.63. The van der Waals surface area contributed by atoms with Crippen molar-refractivity contribution in [3.8, 4) is 0 Å². The molecule has 108 valence electrons. The van der Waals surface area contributed by atoms with E-state index < -0.39 is 11.9 Å². The second kappa shape index (κ2) is 13.9. The molecule has 0 saturated carbocycles. The summed E-state index contributed by atoms with van der Waals surface area (Å²) in [6.45, 7) is 2.49. The first-order valence-corrected chi connectivity index (χ1v) is 6.09. The molecule has 0 saturated heterocycles. The average Bonchev–Trinajstić information content (AvgIpc) is 2.25. The largest absolute Gasteiger partial charge is 0.481 e. The van der Waals surface area contributed by atoms with Crippen LogP contribution in [0.3, 0.4) is 0 Å². The lowest BCUT2D eigenvalue weighted by Gasteiger charge is -2.04. The van der Waals surface area contributed by atoms with E-state index in [4.69, 9.17) is 20.4 Å². The van der Waals surface area contributed by atoms with Gasteiger partial charge in [-0.2, -0.15) is 0 Å². The number of carboxylic acid groups (broad SMARTS) is 2. The van der Waals surface area contributed by atoms with Crippen LogP contribution in [0.25, 0.3) is 0 Å². The van der Waals surface area contributed by atoms with E-state index in [-0.39, 0.29) is 26.1 Å². The predicted octanol–water partition coefficient (Wildman–Crippen LogP) is 1.10. The Morgan fingerprint density at radius 3 is 1.44 bits per heavy atom. The molecule has 0 bridgehead atoms. The number of hydrogen-bond acceptors (Lipinski definition) is 4. The normalized spacial score (nSPS) is 9.78. The Labute approximate surface area is 107 Å². The van der Waals surface area contributed by atoms with Gasteiger partial charge in [-0.1, -0.05) is 6.92 Å². The van der Waals surface area contributed by atoms with E-state index in [1.54, 1.807) is 0 Å². The molecule has 18 heavy (non-hydrogen) atoms. The minimum atomic E-state index is -0.870. The van der Waals surface area contributed by atoms with Gasteiger partial charge >= 0.3 is 11.9 Å². The summed E-state index contributed by atoms with van der Waals surface area (Å²) >= 11 is 0. The Kier molecular flexibility index (Phi) is 14.9. The van der Waals surface area contributed by atoms with Gasteiger partial charge in [0.1, 0.15) is 0 Å². The molecule has 0 atom stereocenters. The number of unbranched alkanes of at least 4 members (excludes halogenated alkanes) is 1. The second-order valence-corrected chi connectivity index (χ2v) is 4.12. The van der Waals surface area contributed by atoms with Crippen LogP contribution in [0.15, 0.2) is 0 Å². The van der Waals surface area contributed by atoms with Gasteiger partial charge in [-0.25, -0.2) is 0 Å². The number of aliphatic carboxylic acids is 2. The van der Waals surface area contributed by atoms with Crippen LogP contribution in [0.1, 0.15) is 45.4 Å². The van der Waals surface area contributed by atoms with Crippen LogP contribution in [-0.2, 0) is 9.59 Å². The minimum Gasteiger partial charge on any atom is -0.481 e. The standard InChI is InChI=1S/C6H10O4.C6H14O2/c7-5(8)3-1-2-4-6(9)10;1-6(2-4-7)3-5-8/h1-4H2,(H,7,8)(H,9,10);6-8H,2-5H2,1H3. The third-order valence-corrected chi connectivity index (χ3v) is 2.28. The Hall–Kier alpha value is -1.14. The summed E-state index contributed by atoms with van der Waals surface area (Å²) in [4.78, 5) is 19.8. The minimum absolute atomic E-state index is 0.0628. The number of rotatable bonds is 9. The quantitative estimate of drug-likeness (QED) is 0.464. The van der Waals surface area contributed by atoms with Gasteiger partial charge in [0.2, 0.25) is 0 Å². The molecule has 0 rings (SSSR count). The van der Waals surface area contributed by atoms with E-state index in [1.807, 2.05) is 6.92 Å². The molecule has 0 aliphatic carbocycles. The van der Waals surface area contributed by atoms with Crippen LogP contribution in [-0.4, -0.2) is 45.6 Å². The van der Waals surface area contributed by atoms with E-state index in [0.717, 1.165) is 12.8 Å². The van der Waals surface area contributed by atoms with Gasteiger partial charge in [-0.05, 0) is 31.6 Å². The smallest absolute Gasteiger partial charge is 0.303 e. The van der Waals surface area contributed by atoms with Crippen LogP contribution < -0.4 is 0 Å². The van der Waals surface area contributed by atoms with Crippen molar-refractivity contribution in [2.45, 2.75) is 45.4 Å². The molecule has 0 aromatic carbocycles. The lowest BCUT2D eigenvalue weighted by atomic mass is 10.1. The zero-order valence-electron chi connectivity index (χ0n) is 10.8. The van der Waals surface area contributed by atoms with Crippen LogP contribution in [0.4, 0.5) is 0 Å². The third kappa shape index (κ3) is 20.3. The summed E-state index contributed by atoms with van der Waals surface area (Å²) in [5.74, 6) is -1.28. The van der Waals surface area contributed by atoms with Crippen LogP contribution in [0.2, 0.25) is 0 Å². The molecule has 4 N–H and O–H groups in total. The molecular weight excluding hydrogens is 240 g/mol. The Morgan fingerprint density at radius 1 is 0.889 bits per heavy atom. The maximum absolute atomic E-state index is 9.90. The van der Waals surface area contributed by atoms with Gasteiger partial charge in [-0.3, -0.25) is 9.59 Å². The molecule has 6 heteroatoms. The average molecular weight is 264 g/mol. The second-order valence-electron chi connectivity index (χ2n) is 4.12. The first-order chi connectivity index (χ1) is 8.43. The molecule has 0 aliphatic heterocycles. The van der Waals surface area contributed by atoms with E-state index >= 15 is 0 Å². The molecule has 0 unspecified atom stereocenters. The maximum Gasteiger partial charge on any atom is 0.303 e. The summed E-state index contributed by atoms with van der Waals surface area (Å²) in [6, 6.07) is 0. The highest BCUT2D eigenvalue weighted by atomic mass is 16.4. The number of aliphatic hydroxyl groups excluding tert-OH is 2. The zero-order chi connectivity index (χ0) is 14.4. The van der Waals surface area contributed by atoms with Crippen LogP contribution in [0.5, 0.6) is 0 Å². The molecule has 0 spiro atoms. The van der Waals surface area contributed by atoms with Gasteiger partial charge in [0.15, 0.2) is 0 Å². The highest BCUT2D eigenvalue weighted by molar-refractivity contribution is 5.67. The maximum atomic E-state index is 9.90. The Bertz CT molecular complexity index is 195. The van der Waals surface area contributed by atoms with Gasteiger partial charge in [0, 0.05) is 26.1 Å². The van der Waals surface area contributed by atoms with Gasteiger partial charge in [0.25, 0.3) is 0 Å². The third-order valence-electron chi connectivity index (χ3n) is 2.28. The van der Waals surface area contributed by atoms with Crippen molar-refractivity contribution in [2.24, 2.45) is 5.92 Å². The SMILES string of the molecule is CC(CCO)CCO.O=C(O)CCCCC(=O)O. The van der Waals surface area contributed by atoms with Crippen molar-refractivity contribution in [1.29, 1.82) is 0 Å². The molecule has 0 fully saturated rings. The molecule has 0 aromatic rings. The van der Waals surface area contributed by atoms with Crippen molar-refractivity contribution in [3.05, 3.63) is 0 Å². The molecule has 0 aliphatic rings. The lowest BCUT2D eigenvalue weighted by molar-refractivity contribution is -0.139. The lowest BCUT2D eigenvalue weighted by Crippen LogP contribution is -1.99. The molecule has 0 aromatic heterocycles. The van der Waals surface area contributed by atoms with Gasteiger partial charge in [0.05, 0.1) is 0 Å². The van der Waals surface area contributed by atoms with Crippen molar-refractivity contribution >= 4 is 11.9 Å². The molecule has 0 amide bonds. The Morgan fingerprint density at radius 2 is 1.22 bits per heavy atom. The van der Waals surface area contributed by atoms with E-state index in [9.17, 15) is 9.59 Å². The molecule has 6 nitrogen and oxygen atoms in total. The fourth-order valence-electron chi connectivity index (χ4n) is 1.14. The fraction of sp³-hybridized carbons (Fsp3) is 0.833. The van der Waals surface area contributed by atoms with E-state index in [0.29, 0.717) is 18.8 Å². The summed E-state index contributed by atoms with van der Waals surface area (Å²) in [7, 11) is 0. The molecule has 0 heterocycles. The molecular formula is C12H24O6. The first kappa shape index (κ1) is 19.2. The van der Waals surface area contributed by atoms with Gasteiger partial charge < -0.3 is 20.4 Å². The monoisotopic (exact) mass is 264 g/mol. The van der Waals surface area contributed by atoms with Crippen molar-refractivity contribution in [2.75, 3.05) is 13.2 Å². The topological polar surface area (TPSA) is 115 Å². The van der Waals surface area contributed by atoms with E-state index in [2.05, 4.69) is 0 Å². The Balaban J connectivity index is 0. The van der Waals surface area contributed by atoms with E-state index in [1.165, 1.54) is 0 Å². The summed E-state index contributed by atoms with van der Waals surface area (Å²) in [5.41, 5.74) is 0. The van der Waals surface area contributed by atoms with Crippen molar-refractivity contribution in [3.63, 3.8) is 0 Å². The predicted molar refractivity (Wildman–Crippen MR) is 66.3 cm³/mol. The molecule has 0 radical (unpaired) electrons. The van der Waals surface area contributed by atoms with Crippen molar-refractivity contribution < 1.29 is 30.0 Å². The number of carboxylic acids is 2. The number of carbonyl (C=O) groups is 2. The fourth-order valence-corrected chi connectivity index (χ4v) is 1.14. The highest BCUT2D eigenvalue weighted by Gasteiger charge is 1.99. The first-order valence-electron chi connectivity index (χ1n) is 6.09. The number of hydrogen-bond donors (Lipinski definition) is 4. The van der Waals surface area contributed by atoms with Crippen LogP contribution >= 0.6 is 0 Å². The zero-order valence-corrected chi connectivity index (χ0v) is 10.8. The number of aliphatic hydroxyl groups is 2. The van der Waals surface area contributed by atoms with Crippen molar-refractivity contribution in [1.82, 2.24) is 0 Å².